The second-order valence-corrected chi connectivity index (χ2v) is 3.98. The molecule has 0 aliphatic rings. The van der Waals surface area contributed by atoms with Gasteiger partial charge in [0.25, 0.3) is 0 Å². The first kappa shape index (κ1) is 13.8. The van der Waals surface area contributed by atoms with E-state index in [2.05, 4.69) is 10.0 Å². The molecule has 0 bridgehead atoms. The molecule has 1 aromatic carbocycles. The van der Waals surface area contributed by atoms with Crippen LogP contribution in [0.4, 0.5) is 0 Å². The molecule has 1 unspecified atom stereocenters. The van der Waals surface area contributed by atoms with Gasteiger partial charge in [0.2, 0.25) is 0 Å². The van der Waals surface area contributed by atoms with E-state index in [0.717, 1.165) is 5.56 Å². The number of carbonyl (C=O) groups is 1. The molecule has 0 radical (unpaired) electrons. The third-order valence-electron chi connectivity index (χ3n) is 2.56. The second kappa shape index (κ2) is 7.88. The lowest BCUT2D eigenvalue weighted by molar-refractivity contribution is -0.118. The number of azide groups is 1. The predicted octanol–water partition coefficient (Wildman–Crippen LogP) is 3.03. The number of ketones is 1. The second-order valence-electron chi connectivity index (χ2n) is 3.98. The summed E-state index contributed by atoms with van der Waals surface area (Å²) >= 11 is 0. The highest BCUT2D eigenvalue weighted by molar-refractivity contribution is 5.80. The summed E-state index contributed by atoms with van der Waals surface area (Å²) in [5, 5.41) is 12.2. The van der Waals surface area contributed by atoms with Gasteiger partial charge in [-0.3, -0.25) is 4.79 Å². The van der Waals surface area contributed by atoms with Crippen molar-refractivity contribution in [2.45, 2.75) is 19.3 Å². The highest BCUT2D eigenvalue weighted by Gasteiger charge is 2.10. The first-order valence-electron chi connectivity index (χ1n) is 5.72. The molecule has 1 aromatic rings. The van der Waals surface area contributed by atoms with Gasteiger partial charge in [-0.1, -0.05) is 35.4 Å². The molecule has 0 aliphatic carbocycles. The van der Waals surface area contributed by atoms with Crippen molar-refractivity contribution >= 4 is 5.78 Å². The fraction of sp³-hybridized carbons (Fsp3) is 0.385. The van der Waals surface area contributed by atoms with Gasteiger partial charge in [-0.15, -0.1) is 0 Å². The van der Waals surface area contributed by atoms with E-state index < -0.39 is 0 Å². The van der Waals surface area contributed by atoms with Crippen LogP contribution >= 0.6 is 0 Å². The van der Waals surface area contributed by atoms with Crippen LogP contribution in [0.5, 0.6) is 0 Å². The molecule has 0 amide bonds. The summed E-state index contributed by atoms with van der Waals surface area (Å²) in [5.41, 5.74) is 9.14. The molecule has 1 rings (SSSR count). The van der Waals surface area contributed by atoms with Gasteiger partial charge in [0.15, 0.2) is 0 Å². The SMILES string of the molecule is N#CC(CCC(=O)Cc1ccccc1)CN=[N+]=[N-]. The highest BCUT2D eigenvalue weighted by Crippen LogP contribution is 2.09. The third kappa shape index (κ3) is 5.15. The Morgan fingerprint density at radius 2 is 2.17 bits per heavy atom. The summed E-state index contributed by atoms with van der Waals surface area (Å²) in [5.74, 6) is -0.275. The summed E-state index contributed by atoms with van der Waals surface area (Å²) < 4.78 is 0. The van der Waals surface area contributed by atoms with Gasteiger partial charge in [-0.05, 0) is 17.5 Å². The topological polar surface area (TPSA) is 89.6 Å². The number of carbonyl (C=O) groups excluding carboxylic acids is 1. The van der Waals surface area contributed by atoms with Crippen molar-refractivity contribution in [3.05, 3.63) is 46.3 Å². The van der Waals surface area contributed by atoms with E-state index in [-0.39, 0.29) is 18.2 Å². The zero-order valence-corrected chi connectivity index (χ0v) is 9.99. The summed E-state index contributed by atoms with van der Waals surface area (Å²) in [4.78, 5) is 14.3. The average Bonchev–Trinajstić information content (AvgIpc) is 2.40. The number of hydrogen-bond donors (Lipinski definition) is 0. The number of hydrogen-bond acceptors (Lipinski definition) is 3. The van der Waals surface area contributed by atoms with Gasteiger partial charge in [0, 0.05) is 24.3 Å². The molecule has 0 N–H and O–H groups in total. The van der Waals surface area contributed by atoms with E-state index in [1.54, 1.807) is 0 Å². The smallest absolute Gasteiger partial charge is 0.137 e. The minimum absolute atomic E-state index is 0.0994. The van der Waals surface area contributed by atoms with Crippen LogP contribution in [0.15, 0.2) is 35.4 Å². The van der Waals surface area contributed by atoms with Crippen LogP contribution in [0.3, 0.4) is 0 Å². The molecule has 0 saturated carbocycles. The van der Waals surface area contributed by atoms with E-state index >= 15 is 0 Å². The molecule has 92 valence electrons. The molecule has 0 aliphatic heterocycles. The van der Waals surface area contributed by atoms with Crippen LogP contribution < -0.4 is 0 Å². The van der Waals surface area contributed by atoms with Gasteiger partial charge in [-0.2, -0.15) is 5.26 Å². The van der Waals surface area contributed by atoms with Crippen LogP contribution in [-0.4, -0.2) is 12.3 Å². The molecular formula is C13H14N4O. The lowest BCUT2D eigenvalue weighted by Gasteiger charge is -2.04. The van der Waals surface area contributed by atoms with Crippen molar-refractivity contribution in [2.75, 3.05) is 6.54 Å². The Labute approximate surface area is 106 Å². The minimum atomic E-state index is -0.374. The summed E-state index contributed by atoms with van der Waals surface area (Å²) in [6, 6.07) is 11.5. The Kier molecular flexibility index (Phi) is 6.02. The average molecular weight is 242 g/mol. The molecule has 0 fully saturated rings. The van der Waals surface area contributed by atoms with E-state index in [9.17, 15) is 4.79 Å². The van der Waals surface area contributed by atoms with Crippen LogP contribution in [0.2, 0.25) is 0 Å². The Morgan fingerprint density at radius 3 is 2.78 bits per heavy atom. The number of nitrogens with zero attached hydrogens (tertiary/aromatic N) is 4. The lowest BCUT2D eigenvalue weighted by Crippen LogP contribution is -2.08. The molecule has 0 saturated heterocycles. The zero-order chi connectivity index (χ0) is 13.2. The number of rotatable bonds is 7. The number of nitriles is 1. The fourth-order valence-electron chi connectivity index (χ4n) is 1.58. The van der Waals surface area contributed by atoms with E-state index in [0.29, 0.717) is 19.3 Å². The Bertz CT molecular complexity index is 472. The maximum atomic E-state index is 11.7. The first-order chi connectivity index (χ1) is 8.76. The molecular weight excluding hydrogens is 228 g/mol. The van der Waals surface area contributed by atoms with Gasteiger partial charge < -0.3 is 0 Å². The summed E-state index contributed by atoms with van der Waals surface area (Å²) in [6.45, 7) is 0.131. The van der Waals surface area contributed by atoms with Crippen LogP contribution in [0.25, 0.3) is 10.4 Å². The van der Waals surface area contributed by atoms with Crippen molar-refractivity contribution < 1.29 is 4.79 Å². The highest BCUT2D eigenvalue weighted by atomic mass is 16.1. The fourth-order valence-corrected chi connectivity index (χ4v) is 1.58. The Morgan fingerprint density at radius 1 is 1.44 bits per heavy atom. The van der Waals surface area contributed by atoms with Crippen LogP contribution in [0.1, 0.15) is 18.4 Å². The molecule has 5 nitrogen and oxygen atoms in total. The van der Waals surface area contributed by atoms with E-state index in [1.807, 2.05) is 36.4 Å². The maximum absolute atomic E-state index is 11.7. The van der Waals surface area contributed by atoms with Crippen LogP contribution in [-0.2, 0) is 11.2 Å². The molecule has 1 atom stereocenters. The van der Waals surface area contributed by atoms with Gasteiger partial charge in [0.1, 0.15) is 5.78 Å². The van der Waals surface area contributed by atoms with Crippen molar-refractivity contribution in [1.29, 1.82) is 5.26 Å². The summed E-state index contributed by atoms with van der Waals surface area (Å²) in [6.07, 6.45) is 1.18. The maximum Gasteiger partial charge on any atom is 0.137 e. The van der Waals surface area contributed by atoms with Crippen molar-refractivity contribution in [1.82, 2.24) is 0 Å². The summed E-state index contributed by atoms with van der Waals surface area (Å²) in [7, 11) is 0. The van der Waals surface area contributed by atoms with Gasteiger partial charge >= 0.3 is 0 Å². The first-order valence-corrected chi connectivity index (χ1v) is 5.72. The monoisotopic (exact) mass is 242 g/mol. The van der Waals surface area contributed by atoms with E-state index in [4.69, 9.17) is 10.8 Å². The molecule has 0 aromatic heterocycles. The van der Waals surface area contributed by atoms with Gasteiger partial charge in [-0.25, -0.2) is 0 Å². The lowest BCUT2D eigenvalue weighted by atomic mass is 10.00. The molecule has 0 heterocycles. The number of Topliss-reactive ketones (excluding diaryl/α,β-unsaturated/α-hetero) is 1. The molecule has 0 spiro atoms. The zero-order valence-electron chi connectivity index (χ0n) is 9.99. The molecule has 5 heteroatoms. The Hall–Kier alpha value is -2.31. The van der Waals surface area contributed by atoms with E-state index in [1.165, 1.54) is 0 Å². The standard InChI is InChI=1S/C13H14N4O/c14-9-12(10-16-17-15)6-7-13(18)8-11-4-2-1-3-5-11/h1-5,12H,6-8,10H2. The van der Waals surface area contributed by atoms with Crippen LogP contribution in [0, 0.1) is 17.2 Å². The largest absolute Gasteiger partial charge is 0.299 e. The Balaban J connectivity index is 2.37. The predicted molar refractivity (Wildman–Crippen MR) is 67.5 cm³/mol. The van der Waals surface area contributed by atoms with Crippen molar-refractivity contribution in [3.8, 4) is 6.07 Å². The van der Waals surface area contributed by atoms with Crippen molar-refractivity contribution in [2.24, 2.45) is 11.0 Å². The quantitative estimate of drug-likeness (QED) is 0.417. The molecule has 18 heavy (non-hydrogen) atoms. The third-order valence-corrected chi connectivity index (χ3v) is 2.56. The minimum Gasteiger partial charge on any atom is -0.299 e. The normalized spacial score (nSPS) is 11.1. The van der Waals surface area contributed by atoms with Gasteiger partial charge in [0.05, 0.1) is 12.0 Å². The van der Waals surface area contributed by atoms with Crippen molar-refractivity contribution in [3.63, 3.8) is 0 Å². The number of benzene rings is 1.